The van der Waals surface area contributed by atoms with E-state index in [-0.39, 0.29) is 5.91 Å². The maximum Gasteiger partial charge on any atom is 0.221 e. The van der Waals surface area contributed by atoms with Gasteiger partial charge in [0.15, 0.2) is 0 Å². The minimum absolute atomic E-state index is 0.132. The lowest BCUT2D eigenvalue weighted by Gasteiger charge is -2.10. The van der Waals surface area contributed by atoms with Gasteiger partial charge >= 0.3 is 0 Å². The Kier molecular flexibility index (Phi) is 6.61. The van der Waals surface area contributed by atoms with Crippen molar-refractivity contribution in [1.82, 2.24) is 10.6 Å². The number of ether oxygens (including phenoxy) is 2. The molecule has 110 valence electrons. The normalized spacial score (nSPS) is 22.6. The fourth-order valence-corrected chi connectivity index (χ4v) is 2.16. The Bertz CT molecular complexity index is 263. The predicted molar refractivity (Wildman–Crippen MR) is 73.1 cm³/mol. The van der Waals surface area contributed by atoms with Crippen molar-refractivity contribution in [1.29, 1.82) is 0 Å². The van der Waals surface area contributed by atoms with Crippen LogP contribution in [0.15, 0.2) is 0 Å². The third-order valence-corrected chi connectivity index (χ3v) is 3.48. The number of carbonyl (C=O) groups is 1. The molecule has 2 aliphatic rings. The fourth-order valence-electron chi connectivity index (χ4n) is 2.16. The van der Waals surface area contributed by atoms with Gasteiger partial charge in [-0.15, -0.1) is 0 Å². The predicted octanol–water partition coefficient (Wildman–Crippen LogP) is 0.830. The summed E-state index contributed by atoms with van der Waals surface area (Å²) in [6.45, 7) is 3.76. The molecule has 2 rings (SSSR count). The molecule has 1 unspecified atom stereocenters. The molecule has 5 heteroatoms. The van der Waals surface area contributed by atoms with Crippen LogP contribution < -0.4 is 10.6 Å². The summed E-state index contributed by atoms with van der Waals surface area (Å²) in [5.74, 6) is 0.132. The highest BCUT2D eigenvalue weighted by molar-refractivity contribution is 5.75. The zero-order valence-corrected chi connectivity index (χ0v) is 11.7. The van der Waals surface area contributed by atoms with Crippen molar-refractivity contribution in [2.75, 3.05) is 32.9 Å². The second-order valence-electron chi connectivity index (χ2n) is 5.39. The van der Waals surface area contributed by atoms with Crippen LogP contribution in [0.1, 0.15) is 38.5 Å². The molecular weight excluding hydrogens is 244 g/mol. The molecule has 1 aliphatic heterocycles. The molecule has 0 spiro atoms. The van der Waals surface area contributed by atoms with Gasteiger partial charge in [0.05, 0.1) is 12.7 Å². The van der Waals surface area contributed by atoms with Crippen LogP contribution in [-0.2, 0) is 14.3 Å². The van der Waals surface area contributed by atoms with Crippen LogP contribution in [-0.4, -0.2) is 51.0 Å². The van der Waals surface area contributed by atoms with E-state index in [1.54, 1.807) is 0 Å². The number of hydrogen-bond acceptors (Lipinski definition) is 4. The number of amides is 1. The summed E-state index contributed by atoms with van der Waals surface area (Å²) >= 11 is 0. The second kappa shape index (κ2) is 8.51. The molecule has 2 fully saturated rings. The molecule has 0 aromatic heterocycles. The minimum Gasteiger partial charge on any atom is -0.379 e. The van der Waals surface area contributed by atoms with E-state index in [9.17, 15) is 4.79 Å². The number of nitrogens with one attached hydrogen (secondary N) is 2. The summed E-state index contributed by atoms with van der Waals surface area (Å²) in [5.41, 5.74) is 0. The van der Waals surface area contributed by atoms with Crippen LogP contribution in [0.2, 0.25) is 0 Å². The third-order valence-electron chi connectivity index (χ3n) is 3.48. The van der Waals surface area contributed by atoms with Crippen molar-refractivity contribution in [3.8, 4) is 0 Å². The lowest BCUT2D eigenvalue weighted by atomic mass is 10.2. The van der Waals surface area contributed by atoms with Crippen molar-refractivity contribution in [3.63, 3.8) is 0 Å². The van der Waals surface area contributed by atoms with Crippen LogP contribution in [0.3, 0.4) is 0 Å². The number of carbonyl (C=O) groups excluding carboxylic acids is 1. The summed E-state index contributed by atoms with van der Waals surface area (Å²) in [6.07, 6.45) is 6.54. The highest BCUT2D eigenvalue weighted by Gasteiger charge is 2.20. The Labute approximate surface area is 115 Å². The number of hydrogen-bond donors (Lipinski definition) is 2. The molecule has 0 aromatic rings. The van der Waals surface area contributed by atoms with Gasteiger partial charge in [-0.25, -0.2) is 0 Å². The second-order valence-corrected chi connectivity index (χ2v) is 5.39. The summed E-state index contributed by atoms with van der Waals surface area (Å²) in [7, 11) is 0. The van der Waals surface area contributed by atoms with Crippen molar-refractivity contribution >= 4 is 5.91 Å². The molecule has 2 N–H and O–H groups in total. The van der Waals surface area contributed by atoms with Gasteiger partial charge in [0.25, 0.3) is 0 Å². The molecule has 1 amide bonds. The largest absolute Gasteiger partial charge is 0.379 e. The van der Waals surface area contributed by atoms with Crippen molar-refractivity contribution in [2.45, 2.75) is 50.7 Å². The van der Waals surface area contributed by atoms with E-state index in [0.29, 0.717) is 38.3 Å². The van der Waals surface area contributed by atoms with E-state index in [1.165, 1.54) is 12.8 Å². The summed E-state index contributed by atoms with van der Waals surface area (Å²) < 4.78 is 11.0. The molecule has 0 radical (unpaired) electrons. The first-order valence-corrected chi connectivity index (χ1v) is 7.54. The van der Waals surface area contributed by atoms with E-state index in [2.05, 4.69) is 10.6 Å². The van der Waals surface area contributed by atoms with Gasteiger partial charge in [0.1, 0.15) is 0 Å². The summed E-state index contributed by atoms with van der Waals surface area (Å²) in [4.78, 5) is 11.5. The SMILES string of the molecule is O=C(CCNC1CC1)NCCCOCC1CCCO1. The average Bonchev–Trinajstić information content (AvgIpc) is 3.08. The van der Waals surface area contributed by atoms with E-state index >= 15 is 0 Å². The first-order chi connectivity index (χ1) is 9.34. The molecular formula is C14H26N2O3. The van der Waals surface area contributed by atoms with E-state index in [1.807, 2.05) is 0 Å². The molecule has 5 nitrogen and oxygen atoms in total. The molecule has 1 saturated carbocycles. The van der Waals surface area contributed by atoms with Crippen molar-refractivity contribution < 1.29 is 14.3 Å². The molecule has 19 heavy (non-hydrogen) atoms. The molecule has 1 heterocycles. The highest BCUT2D eigenvalue weighted by atomic mass is 16.5. The van der Waals surface area contributed by atoms with Gasteiger partial charge in [-0.1, -0.05) is 0 Å². The van der Waals surface area contributed by atoms with E-state index < -0.39 is 0 Å². The third kappa shape index (κ3) is 6.89. The monoisotopic (exact) mass is 270 g/mol. The quantitative estimate of drug-likeness (QED) is 0.577. The Morgan fingerprint density at radius 1 is 1.26 bits per heavy atom. The van der Waals surface area contributed by atoms with Crippen LogP contribution in [0.5, 0.6) is 0 Å². The van der Waals surface area contributed by atoms with Crippen LogP contribution in [0, 0.1) is 0 Å². The molecule has 0 bridgehead atoms. The van der Waals surface area contributed by atoms with Crippen molar-refractivity contribution in [2.24, 2.45) is 0 Å². The Morgan fingerprint density at radius 2 is 2.16 bits per heavy atom. The first kappa shape index (κ1) is 14.8. The molecule has 1 atom stereocenters. The standard InChI is InChI=1S/C14H26N2O3/c17-14(6-8-15-12-4-5-12)16-7-2-9-18-11-13-3-1-10-19-13/h12-13,15H,1-11H2,(H,16,17). The maximum absolute atomic E-state index is 11.5. The van der Waals surface area contributed by atoms with E-state index in [4.69, 9.17) is 9.47 Å². The molecule has 0 aromatic carbocycles. The maximum atomic E-state index is 11.5. The van der Waals surface area contributed by atoms with Gasteiger partial charge in [-0.3, -0.25) is 4.79 Å². The topological polar surface area (TPSA) is 59.6 Å². The van der Waals surface area contributed by atoms with Crippen molar-refractivity contribution in [3.05, 3.63) is 0 Å². The lowest BCUT2D eigenvalue weighted by Crippen LogP contribution is -2.29. The number of rotatable bonds is 10. The van der Waals surface area contributed by atoms with Gasteiger partial charge in [-0.05, 0) is 32.1 Å². The van der Waals surface area contributed by atoms with Crippen LogP contribution >= 0.6 is 0 Å². The van der Waals surface area contributed by atoms with Gasteiger partial charge < -0.3 is 20.1 Å². The zero-order chi connectivity index (χ0) is 13.3. The Hall–Kier alpha value is -0.650. The van der Waals surface area contributed by atoms with E-state index in [0.717, 1.165) is 32.4 Å². The van der Waals surface area contributed by atoms with Gasteiger partial charge in [0, 0.05) is 38.8 Å². The summed E-state index contributed by atoms with van der Waals surface area (Å²) in [6, 6.07) is 0.680. The first-order valence-electron chi connectivity index (χ1n) is 7.54. The average molecular weight is 270 g/mol. The van der Waals surface area contributed by atoms with Gasteiger partial charge in [-0.2, -0.15) is 0 Å². The minimum atomic E-state index is 0.132. The lowest BCUT2D eigenvalue weighted by molar-refractivity contribution is -0.121. The highest BCUT2D eigenvalue weighted by Crippen LogP contribution is 2.18. The summed E-state index contributed by atoms with van der Waals surface area (Å²) in [5, 5.41) is 6.25. The Balaban J connectivity index is 1.33. The molecule has 1 saturated heterocycles. The fraction of sp³-hybridized carbons (Fsp3) is 0.929. The van der Waals surface area contributed by atoms with Crippen LogP contribution in [0.4, 0.5) is 0 Å². The smallest absolute Gasteiger partial charge is 0.221 e. The van der Waals surface area contributed by atoms with Crippen LogP contribution in [0.25, 0.3) is 0 Å². The zero-order valence-electron chi connectivity index (χ0n) is 11.7. The van der Waals surface area contributed by atoms with Gasteiger partial charge in [0.2, 0.25) is 5.91 Å². The molecule has 1 aliphatic carbocycles. The Morgan fingerprint density at radius 3 is 2.89 bits per heavy atom.